The number of allylic oxidation sites excluding steroid dienone is 2. The predicted octanol–water partition coefficient (Wildman–Crippen LogP) is 3.21. The van der Waals surface area contributed by atoms with Gasteiger partial charge in [-0.25, -0.2) is 0 Å². The van der Waals surface area contributed by atoms with Crippen LogP contribution in [0.15, 0.2) is 35.0 Å². The average molecular weight is 429 g/mol. The zero-order chi connectivity index (χ0) is 20.1. The number of fused-ring (bicyclic) bond motifs is 1. The molecule has 0 atom stereocenters. The van der Waals surface area contributed by atoms with Gasteiger partial charge in [0, 0.05) is 31.9 Å². The Morgan fingerprint density at radius 3 is 2.21 bits per heavy atom. The molecule has 28 heavy (non-hydrogen) atoms. The topological polar surface area (TPSA) is 66.4 Å². The molecule has 1 fully saturated rings. The van der Waals surface area contributed by atoms with Crippen molar-refractivity contribution in [1.29, 1.82) is 0 Å². The highest BCUT2D eigenvalue weighted by molar-refractivity contribution is 6.99. The first kappa shape index (κ1) is 18.9. The Labute approximate surface area is 166 Å². The van der Waals surface area contributed by atoms with E-state index in [2.05, 4.69) is 8.75 Å². The van der Waals surface area contributed by atoms with E-state index >= 15 is 0 Å². The Bertz CT molecular complexity index is 996. The smallest absolute Gasteiger partial charge is 0.368 e. The van der Waals surface area contributed by atoms with Crippen molar-refractivity contribution in [1.82, 2.24) is 13.6 Å². The van der Waals surface area contributed by atoms with Gasteiger partial charge < -0.3 is 9.80 Å². The Hall–Kier alpha value is -2.46. The van der Waals surface area contributed by atoms with Crippen LogP contribution in [-0.2, 0) is 6.18 Å². The number of Topliss-reactive ketones (excluding diaryl/α,β-unsaturated/α-hetero) is 2. The fourth-order valence-electron chi connectivity index (χ4n) is 3.26. The van der Waals surface area contributed by atoms with Gasteiger partial charge in [-0.2, -0.15) is 21.9 Å². The number of anilines is 1. The first-order valence-corrected chi connectivity index (χ1v) is 9.37. The van der Waals surface area contributed by atoms with Crippen LogP contribution < -0.4 is 4.90 Å². The van der Waals surface area contributed by atoms with E-state index in [1.807, 2.05) is 0 Å². The van der Waals surface area contributed by atoms with Gasteiger partial charge in [-0.1, -0.05) is 17.7 Å². The van der Waals surface area contributed by atoms with E-state index in [0.29, 0.717) is 31.9 Å². The number of rotatable bonds is 2. The first-order chi connectivity index (χ1) is 13.3. The summed E-state index contributed by atoms with van der Waals surface area (Å²) < 4.78 is 46.5. The summed E-state index contributed by atoms with van der Waals surface area (Å²) in [6.07, 6.45) is -4.41. The third kappa shape index (κ3) is 3.16. The van der Waals surface area contributed by atoms with Gasteiger partial charge in [0.15, 0.2) is 11.4 Å². The molecular formula is C17H12ClF3N4O2S. The Kier molecular flexibility index (Phi) is 4.62. The third-order valence-corrected chi connectivity index (χ3v) is 5.55. The molecule has 0 saturated carbocycles. The number of halogens is 4. The van der Waals surface area contributed by atoms with Crippen molar-refractivity contribution in [3.8, 4) is 0 Å². The minimum absolute atomic E-state index is 0.00490. The lowest BCUT2D eigenvalue weighted by Crippen LogP contribution is -2.48. The highest BCUT2D eigenvalue weighted by Crippen LogP contribution is 2.33. The molecule has 0 bridgehead atoms. The van der Waals surface area contributed by atoms with Gasteiger partial charge in [-0.05, 0) is 18.2 Å². The molecule has 4 rings (SSSR count). The quantitative estimate of drug-likeness (QED) is 0.731. The standard InChI is InChI=1S/C17H12ClF3N4O2S/c18-11-14(16(27)13-12(15(11)26)22-28-23-13)25-6-4-24(5-7-25)10-3-1-2-9(8-10)17(19,20)21/h1-3,8H,4-7H2. The second-order valence-corrected chi connectivity index (χ2v) is 7.21. The number of piperazine rings is 1. The van der Waals surface area contributed by atoms with Crippen LogP contribution >= 0.6 is 23.3 Å². The summed E-state index contributed by atoms with van der Waals surface area (Å²) in [7, 11) is 0. The molecule has 2 aliphatic rings. The van der Waals surface area contributed by atoms with Crippen LogP contribution in [0, 0.1) is 0 Å². The van der Waals surface area contributed by atoms with Crippen LogP contribution in [0.3, 0.4) is 0 Å². The molecule has 0 N–H and O–H groups in total. The van der Waals surface area contributed by atoms with E-state index in [9.17, 15) is 22.8 Å². The van der Waals surface area contributed by atoms with E-state index < -0.39 is 23.3 Å². The van der Waals surface area contributed by atoms with Crippen molar-refractivity contribution in [2.24, 2.45) is 0 Å². The predicted molar refractivity (Wildman–Crippen MR) is 96.7 cm³/mol. The number of ketones is 2. The maximum atomic E-state index is 12.9. The van der Waals surface area contributed by atoms with Crippen LogP contribution in [0.5, 0.6) is 0 Å². The molecule has 1 saturated heterocycles. The number of hydrogen-bond acceptors (Lipinski definition) is 7. The van der Waals surface area contributed by atoms with Crippen LogP contribution in [0.1, 0.15) is 26.5 Å². The molecule has 1 aromatic carbocycles. The molecule has 2 heterocycles. The van der Waals surface area contributed by atoms with Crippen LogP contribution in [-0.4, -0.2) is 51.4 Å². The summed E-state index contributed by atoms with van der Waals surface area (Å²) in [6.45, 7) is 1.40. The average Bonchev–Trinajstić information content (AvgIpc) is 3.17. The molecule has 2 aromatic rings. The third-order valence-electron chi connectivity index (χ3n) is 4.68. The lowest BCUT2D eigenvalue weighted by atomic mass is 10.0. The van der Waals surface area contributed by atoms with Crippen LogP contribution in [0.2, 0.25) is 0 Å². The SMILES string of the molecule is O=C1C(Cl)=C(N2CCN(c3cccc(C(F)(F)F)c3)CC2)C(=O)c2nsnc21. The minimum Gasteiger partial charge on any atom is -0.368 e. The lowest BCUT2D eigenvalue weighted by molar-refractivity contribution is -0.137. The largest absolute Gasteiger partial charge is 0.416 e. The highest BCUT2D eigenvalue weighted by atomic mass is 35.5. The summed E-state index contributed by atoms with van der Waals surface area (Å²) in [5.74, 6) is -0.999. The van der Waals surface area contributed by atoms with Gasteiger partial charge in [0.05, 0.1) is 17.3 Å². The number of carbonyl (C=O) groups is 2. The number of hydrogen-bond donors (Lipinski definition) is 0. The van der Waals surface area contributed by atoms with E-state index in [0.717, 1.165) is 23.9 Å². The summed E-state index contributed by atoms with van der Waals surface area (Å²) in [4.78, 5) is 28.5. The molecule has 0 spiro atoms. The second kappa shape index (κ2) is 6.85. The maximum Gasteiger partial charge on any atom is 0.416 e. The van der Waals surface area contributed by atoms with E-state index in [1.54, 1.807) is 15.9 Å². The van der Waals surface area contributed by atoms with Crippen molar-refractivity contribution >= 4 is 40.6 Å². The Morgan fingerprint density at radius 1 is 0.964 bits per heavy atom. The summed E-state index contributed by atoms with van der Waals surface area (Å²) in [5.41, 5.74) is -0.224. The molecule has 11 heteroatoms. The molecular weight excluding hydrogens is 417 g/mol. The molecule has 0 amide bonds. The Morgan fingerprint density at radius 2 is 1.57 bits per heavy atom. The van der Waals surface area contributed by atoms with Crippen molar-refractivity contribution in [2.45, 2.75) is 6.18 Å². The summed E-state index contributed by atoms with van der Waals surface area (Å²) >= 11 is 6.91. The van der Waals surface area contributed by atoms with Crippen LogP contribution in [0.25, 0.3) is 0 Å². The van der Waals surface area contributed by atoms with Crippen molar-refractivity contribution < 1.29 is 22.8 Å². The number of carbonyl (C=O) groups excluding carboxylic acids is 2. The van der Waals surface area contributed by atoms with Crippen molar-refractivity contribution in [3.05, 3.63) is 51.9 Å². The monoisotopic (exact) mass is 428 g/mol. The van der Waals surface area contributed by atoms with Crippen LogP contribution in [0.4, 0.5) is 18.9 Å². The molecule has 1 aliphatic carbocycles. The van der Waals surface area contributed by atoms with E-state index in [4.69, 9.17) is 11.6 Å². The molecule has 1 aromatic heterocycles. The first-order valence-electron chi connectivity index (χ1n) is 8.26. The maximum absolute atomic E-state index is 12.9. The normalized spacial score (nSPS) is 18.0. The number of benzene rings is 1. The van der Waals surface area contributed by atoms with Gasteiger partial charge in [0.1, 0.15) is 10.7 Å². The van der Waals surface area contributed by atoms with Gasteiger partial charge in [-0.15, -0.1) is 0 Å². The fraction of sp³-hybridized carbons (Fsp3) is 0.294. The molecule has 146 valence electrons. The minimum atomic E-state index is -4.41. The number of nitrogens with zero attached hydrogens (tertiary/aromatic N) is 4. The van der Waals surface area contributed by atoms with Gasteiger partial charge in [0.25, 0.3) is 0 Å². The Balaban J connectivity index is 1.53. The molecule has 1 aliphatic heterocycles. The van der Waals surface area contributed by atoms with Crippen molar-refractivity contribution in [3.63, 3.8) is 0 Å². The van der Waals surface area contributed by atoms with E-state index in [1.165, 1.54) is 6.07 Å². The van der Waals surface area contributed by atoms with Gasteiger partial charge >= 0.3 is 6.18 Å². The van der Waals surface area contributed by atoms with Crippen molar-refractivity contribution in [2.75, 3.05) is 31.1 Å². The molecule has 0 unspecified atom stereocenters. The zero-order valence-corrected chi connectivity index (χ0v) is 15.7. The summed E-state index contributed by atoms with van der Waals surface area (Å²) in [5, 5.41) is -0.197. The molecule has 0 radical (unpaired) electrons. The van der Waals surface area contributed by atoms with Gasteiger partial charge in [-0.3, -0.25) is 9.59 Å². The summed E-state index contributed by atoms with van der Waals surface area (Å²) in [6, 6.07) is 5.10. The fourth-order valence-corrected chi connectivity index (χ4v) is 4.10. The van der Waals surface area contributed by atoms with E-state index in [-0.39, 0.29) is 22.1 Å². The number of alkyl halides is 3. The number of aromatic nitrogens is 2. The molecule has 6 nitrogen and oxygen atoms in total. The lowest BCUT2D eigenvalue weighted by Gasteiger charge is -2.38. The second-order valence-electron chi connectivity index (χ2n) is 6.30. The zero-order valence-electron chi connectivity index (χ0n) is 14.2. The van der Waals surface area contributed by atoms with Gasteiger partial charge in [0.2, 0.25) is 11.6 Å². The highest BCUT2D eigenvalue weighted by Gasteiger charge is 2.38.